The Morgan fingerprint density at radius 2 is 1.22 bits per heavy atom. The molecule has 4 heterocycles. The summed E-state index contributed by atoms with van der Waals surface area (Å²) in [5.41, 5.74) is 9.38. The zero-order valence-electron chi connectivity index (χ0n) is 33.4. The van der Waals surface area contributed by atoms with Gasteiger partial charge in [-0.2, -0.15) is 0 Å². The smallest absolute Gasteiger partial charge is 0.407 e. The molecule has 3 aliphatic rings. The number of ether oxygens (including phenoxy) is 2. The number of nitrogens with zero attached hydrogens (tertiary/aromatic N) is 4. The molecule has 2 saturated heterocycles. The molecule has 4 atom stereocenters. The van der Waals surface area contributed by atoms with Crippen LogP contribution in [0.25, 0.3) is 33.4 Å². The minimum atomic E-state index is -0.889. The van der Waals surface area contributed by atoms with E-state index in [0.29, 0.717) is 30.0 Å². The fourth-order valence-corrected chi connectivity index (χ4v) is 9.01. The van der Waals surface area contributed by atoms with Gasteiger partial charge in [0.2, 0.25) is 0 Å². The van der Waals surface area contributed by atoms with Gasteiger partial charge in [0.25, 0.3) is 11.8 Å². The molecule has 1 aliphatic carbocycles. The van der Waals surface area contributed by atoms with E-state index in [-0.39, 0.29) is 23.9 Å². The van der Waals surface area contributed by atoms with Crippen LogP contribution in [0.3, 0.4) is 0 Å². The Bertz CT molecular complexity index is 2570. The van der Waals surface area contributed by atoms with Crippen LogP contribution in [0.2, 0.25) is 0 Å². The lowest BCUT2D eigenvalue weighted by molar-refractivity contribution is -0.135. The first kappa shape index (κ1) is 38.6. The summed E-state index contributed by atoms with van der Waals surface area (Å²) in [6.45, 7) is 1.11. The molecule has 9 rings (SSSR count). The predicted octanol–water partition coefficient (Wildman–Crippen LogP) is 7.24. The zero-order chi connectivity index (χ0) is 41.3. The van der Waals surface area contributed by atoms with Gasteiger partial charge >= 0.3 is 12.2 Å². The average molecular weight is 807 g/mol. The number of likely N-dealkylation sites (tertiary alicyclic amines) is 2. The number of fused-ring (bicyclic) bond motifs is 4. The standard InChI is InChI=1S/C46H46N8O6/c1-59-45(57)51-38(27-11-5-3-6-12-27)43(55)53-23-9-15-36(53)41-47-33-21-18-30(26-35(33)49-41)29-17-20-32-31(25-29)19-22-34-40(32)50-42(48-34)37-16-10-24-54(37)44(56)39(52-46(58)60-2)28-13-7-4-8-14-28/h3-8,11-14,17-18,20-21,25-26,36-39H,9-10,15-16,19,22-24H2,1-2H3,(H,47,49)(H,48,50)(H,51,57)(H,52,58)/t36-,37-,38-,39-/m0/s1. The molecule has 6 aromatic rings. The molecule has 0 bridgehead atoms. The van der Waals surface area contributed by atoms with Gasteiger partial charge in [-0.1, -0.05) is 84.9 Å². The average Bonchev–Trinajstić information content (AvgIpc) is 4.13. The summed E-state index contributed by atoms with van der Waals surface area (Å²) < 4.78 is 9.72. The summed E-state index contributed by atoms with van der Waals surface area (Å²) in [6.07, 6.45) is 3.43. The van der Waals surface area contributed by atoms with Gasteiger partial charge in [-0.15, -0.1) is 0 Å². The van der Waals surface area contributed by atoms with Crippen molar-refractivity contribution in [2.75, 3.05) is 27.3 Å². The van der Waals surface area contributed by atoms with Crippen LogP contribution in [0.1, 0.15) is 83.9 Å². The van der Waals surface area contributed by atoms with E-state index < -0.39 is 24.3 Å². The summed E-state index contributed by atoms with van der Waals surface area (Å²) in [5, 5.41) is 5.47. The second kappa shape index (κ2) is 16.4. The second-order valence-electron chi connectivity index (χ2n) is 15.5. The number of hydrogen-bond donors (Lipinski definition) is 4. The predicted molar refractivity (Wildman–Crippen MR) is 223 cm³/mol. The first-order chi connectivity index (χ1) is 29.3. The lowest BCUT2D eigenvalue weighted by Crippen LogP contribution is -2.42. The second-order valence-corrected chi connectivity index (χ2v) is 15.5. The Morgan fingerprint density at radius 1 is 0.667 bits per heavy atom. The molecule has 60 heavy (non-hydrogen) atoms. The minimum Gasteiger partial charge on any atom is -0.453 e. The molecule has 2 fully saturated rings. The lowest BCUT2D eigenvalue weighted by atomic mass is 9.89. The van der Waals surface area contributed by atoms with Crippen molar-refractivity contribution in [3.8, 4) is 22.4 Å². The first-order valence-corrected chi connectivity index (χ1v) is 20.4. The number of alkyl carbamates (subject to hydrolysis) is 2. The maximum absolute atomic E-state index is 14.1. The Balaban J connectivity index is 0.940. The molecule has 2 aromatic heterocycles. The fraction of sp³-hybridized carbons (Fsp3) is 0.304. The summed E-state index contributed by atoms with van der Waals surface area (Å²) >= 11 is 0. The van der Waals surface area contributed by atoms with Crippen molar-refractivity contribution in [2.24, 2.45) is 0 Å². The number of carbonyl (C=O) groups excluding carboxylic acids is 4. The van der Waals surface area contributed by atoms with Gasteiger partial charge in [0.1, 0.15) is 23.7 Å². The molecule has 4 amide bonds. The van der Waals surface area contributed by atoms with E-state index in [0.717, 1.165) is 83.5 Å². The van der Waals surface area contributed by atoms with Crippen LogP contribution in [0, 0.1) is 0 Å². The van der Waals surface area contributed by atoms with Gasteiger partial charge in [0.05, 0.1) is 43.0 Å². The molecular formula is C46H46N8O6. The SMILES string of the molecule is COC(=O)N[C@H](C(=O)N1CCC[C@H]1c1nc2c([nH]1)CCc1cc(-c3ccc4nc([C@@H]5CCCN5C(=O)[C@@H](NC(=O)OC)c5ccccc5)[nH]c4c3)ccc1-2)c1ccccc1. The van der Waals surface area contributed by atoms with Crippen molar-refractivity contribution in [3.63, 3.8) is 0 Å². The van der Waals surface area contributed by atoms with Gasteiger partial charge in [-0.3, -0.25) is 9.59 Å². The van der Waals surface area contributed by atoms with E-state index >= 15 is 0 Å². The number of carbonyl (C=O) groups is 4. The summed E-state index contributed by atoms with van der Waals surface area (Å²) in [5.74, 6) is 1.05. The van der Waals surface area contributed by atoms with Crippen LogP contribution in [-0.4, -0.2) is 81.0 Å². The van der Waals surface area contributed by atoms with Crippen LogP contribution in [0.4, 0.5) is 9.59 Å². The molecular weight excluding hydrogens is 761 g/mol. The molecule has 2 aliphatic heterocycles. The highest BCUT2D eigenvalue weighted by atomic mass is 16.5. The van der Waals surface area contributed by atoms with Gasteiger partial charge < -0.3 is 39.9 Å². The van der Waals surface area contributed by atoms with E-state index in [1.807, 2.05) is 71.6 Å². The normalized spacial score (nSPS) is 18.0. The Morgan fingerprint density at radius 3 is 1.80 bits per heavy atom. The largest absolute Gasteiger partial charge is 0.453 e. The van der Waals surface area contributed by atoms with Crippen LogP contribution in [0.5, 0.6) is 0 Å². The van der Waals surface area contributed by atoms with Crippen molar-refractivity contribution >= 4 is 35.0 Å². The highest BCUT2D eigenvalue weighted by Crippen LogP contribution is 2.40. The summed E-state index contributed by atoms with van der Waals surface area (Å²) in [4.78, 5) is 73.5. The number of amides is 4. The molecule has 4 aromatic carbocycles. The molecule has 0 radical (unpaired) electrons. The van der Waals surface area contributed by atoms with Crippen LogP contribution in [-0.2, 0) is 31.9 Å². The number of aromatic amines is 2. The molecule has 14 nitrogen and oxygen atoms in total. The molecule has 0 unspecified atom stereocenters. The third kappa shape index (κ3) is 7.33. The lowest BCUT2D eigenvalue weighted by Gasteiger charge is -2.28. The molecule has 0 spiro atoms. The van der Waals surface area contributed by atoms with Crippen LogP contribution < -0.4 is 10.6 Å². The topological polar surface area (TPSA) is 175 Å². The fourth-order valence-electron chi connectivity index (χ4n) is 9.01. The number of methoxy groups -OCH3 is 2. The number of aromatic nitrogens is 4. The number of hydrogen-bond acceptors (Lipinski definition) is 8. The van der Waals surface area contributed by atoms with Crippen molar-refractivity contribution in [2.45, 2.75) is 62.7 Å². The maximum atomic E-state index is 14.1. The number of imidazole rings is 2. The van der Waals surface area contributed by atoms with Gasteiger partial charge in [0, 0.05) is 24.3 Å². The quantitative estimate of drug-likeness (QED) is 0.118. The van der Waals surface area contributed by atoms with Crippen LogP contribution in [0.15, 0.2) is 97.1 Å². The Hall–Kier alpha value is -6.96. The Kier molecular flexibility index (Phi) is 10.5. The number of aryl methyl sites for hydroxylation is 2. The summed E-state index contributed by atoms with van der Waals surface area (Å²) in [6, 6.07) is 28.8. The third-order valence-corrected chi connectivity index (χ3v) is 12.0. The monoisotopic (exact) mass is 806 g/mol. The van der Waals surface area contributed by atoms with Crippen molar-refractivity contribution in [1.82, 2.24) is 40.4 Å². The van der Waals surface area contributed by atoms with Crippen LogP contribution >= 0.6 is 0 Å². The highest BCUT2D eigenvalue weighted by Gasteiger charge is 2.39. The molecule has 0 saturated carbocycles. The van der Waals surface area contributed by atoms with Crippen molar-refractivity contribution in [3.05, 3.63) is 131 Å². The maximum Gasteiger partial charge on any atom is 0.407 e. The molecule has 14 heteroatoms. The zero-order valence-corrected chi connectivity index (χ0v) is 33.4. The van der Waals surface area contributed by atoms with E-state index in [1.165, 1.54) is 19.8 Å². The number of H-pyrrole nitrogens is 2. The third-order valence-electron chi connectivity index (χ3n) is 12.0. The summed E-state index contributed by atoms with van der Waals surface area (Å²) in [7, 11) is 2.57. The highest BCUT2D eigenvalue weighted by molar-refractivity contribution is 5.89. The van der Waals surface area contributed by atoms with Crippen molar-refractivity contribution in [1.29, 1.82) is 0 Å². The van der Waals surface area contributed by atoms with Gasteiger partial charge in [-0.05, 0) is 78.5 Å². The van der Waals surface area contributed by atoms with Crippen molar-refractivity contribution < 1.29 is 28.7 Å². The number of rotatable bonds is 9. The van der Waals surface area contributed by atoms with E-state index in [9.17, 15) is 19.2 Å². The minimum absolute atomic E-state index is 0.200. The number of nitrogens with one attached hydrogen (secondary N) is 4. The molecule has 4 N–H and O–H groups in total. The Labute approximate surface area is 346 Å². The van der Waals surface area contributed by atoms with E-state index in [1.54, 1.807) is 4.90 Å². The van der Waals surface area contributed by atoms with Gasteiger partial charge in [0.15, 0.2) is 0 Å². The van der Waals surface area contributed by atoms with E-state index in [4.69, 9.17) is 19.4 Å². The van der Waals surface area contributed by atoms with E-state index in [2.05, 4.69) is 50.9 Å². The number of benzene rings is 4. The molecule has 306 valence electrons. The first-order valence-electron chi connectivity index (χ1n) is 20.4. The van der Waals surface area contributed by atoms with Gasteiger partial charge in [-0.25, -0.2) is 19.6 Å².